The van der Waals surface area contributed by atoms with Crippen LogP contribution in [0.25, 0.3) is 0 Å². The van der Waals surface area contributed by atoms with Gasteiger partial charge in [-0.05, 0) is 36.7 Å². The van der Waals surface area contributed by atoms with Crippen LogP contribution in [-0.2, 0) is 0 Å². The van der Waals surface area contributed by atoms with Gasteiger partial charge in [0.15, 0.2) is 0 Å². The largest absolute Gasteiger partial charge is 0.0839 e. The molecule has 1 saturated carbocycles. The highest BCUT2D eigenvalue weighted by Gasteiger charge is 2.28. The Morgan fingerprint density at radius 2 is 1.71 bits per heavy atom. The first-order valence-electron chi connectivity index (χ1n) is 6.18. The van der Waals surface area contributed by atoms with E-state index in [4.69, 9.17) is 0 Å². The predicted molar refractivity (Wildman–Crippen MR) is 62.3 cm³/mol. The summed E-state index contributed by atoms with van der Waals surface area (Å²) in [7, 11) is 0. The van der Waals surface area contributed by atoms with Gasteiger partial charge in [-0.2, -0.15) is 0 Å². The summed E-state index contributed by atoms with van der Waals surface area (Å²) >= 11 is 0. The summed E-state index contributed by atoms with van der Waals surface area (Å²) in [5.41, 5.74) is 2.14. The van der Waals surface area contributed by atoms with Gasteiger partial charge in [-0.15, -0.1) is 0 Å². The lowest BCUT2D eigenvalue weighted by Gasteiger charge is -2.31. The van der Waals surface area contributed by atoms with Gasteiger partial charge < -0.3 is 0 Å². The van der Waals surface area contributed by atoms with Crippen LogP contribution in [0.5, 0.6) is 0 Å². The van der Waals surface area contributed by atoms with Crippen LogP contribution in [0.3, 0.4) is 0 Å². The van der Waals surface area contributed by atoms with E-state index in [2.05, 4.69) is 25.2 Å². The van der Waals surface area contributed by atoms with Crippen molar-refractivity contribution in [3.05, 3.63) is 23.8 Å². The molecule has 0 aromatic heterocycles. The smallest absolute Gasteiger partial charge is 0.00785 e. The van der Waals surface area contributed by atoms with E-state index >= 15 is 0 Å². The van der Waals surface area contributed by atoms with Gasteiger partial charge in [0.05, 0.1) is 0 Å². The molecule has 0 atom stereocenters. The minimum Gasteiger partial charge on any atom is -0.0839 e. The van der Waals surface area contributed by atoms with Crippen LogP contribution in [0.1, 0.15) is 58.3 Å². The molecule has 0 spiro atoms. The number of rotatable bonds is 1. The van der Waals surface area contributed by atoms with E-state index in [0.717, 1.165) is 0 Å². The molecule has 1 fully saturated rings. The summed E-state index contributed by atoms with van der Waals surface area (Å²) in [6.45, 7) is 2.47. The summed E-state index contributed by atoms with van der Waals surface area (Å²) in [5.74, 6) is 0. The lowest BCUT2D eigenvalue weighted by molar-refractivity contribution is 0.348. The van der Waals surface area contributed by atoms with Crippen molar-refractivity contribution < 1.29 is 0 Å². The molecule has 0 aromatic rings. The average Bonchev–Trinajstić information content (AvgIpc) is 2.46. The molecule has 0 heteroatoms. The highest BCUT2D eigenvalue weighted by molar-refractivity contribution is 5.29. The third kappa shape index (κ3) is 2.10. The Kier molecular flexibility index (Phi) is 3.10. The van der Waals surface area contributed by atoms with Crippen LogP contribution in [0.4, 0.5) is 0 Å². The zero-order valence-electron chi connectivity index (χ0n) is 9.39. The molecule has 2 rings (SSSR count). The van der Waals surface area contributed by atoms with Gasteiger partial charge in [-0.1, -0.05) is 50.8 Å². The van der Waals surface area contributed by atoms with E-state index in [1.807, 2.05) is 0 Å². The Balaban J connectivity index is 2.12. The average molecular weight is 190 g/mol. The maximum Gasteiger partial charge on any atom is -0.00785 e. The zero-order chi connectivity index (χ0) is 9.86. The van der Waals surface area contributed by atoms with Crippen molar-refractivity contribution in [1.82, 2.24) is 0 Å². The molecule has 0 aromatic carbocycles. The van der Waals surface area contributed by atoms with Gasteiger partial charge in [0.2, 0.25) is 0 Å². The first-order valence-corrected chi connectivity index (χ1v) is 6.18. The third-order valence-corrected chi connectivity index (χ3v) is 3.90. The maximum absolute atomic E-state index is 2.48. The van der Waals surface area contributed by atoms with Crippen molar-refractivity contribution in [1.29, 1.82) is 0 Å². The summed E-state index contributed by atoms with van der Waals surface area (Å²) in [6, 6.07) is 0. The Morgan fingerprint density at radius 1 is 1.00 bits per heavy atom. The second-order valence-electron chi connectivity index (χ2n) is 5.11. The van der Waals surface area contributed by atoms with Crippen molar-refractivity contribution in [3.8, 4) is 0 Å². The van der Waals surface area contributed by atoms with Crippen molar-refractivity contribution >= 4 is 0 Å². The fourth-order valence-corrected chi connectivity index (χ4v) is 2.86. The minimum absolute atomic E-state index is 0.507. The summed E-state index contributed by atoms with van der Waals surface area (Å²) < 4.78 is 0. The number of allylic oxidation sites excluding steroid dienone is 4. The Morgan fingerprint density at radius 3 is 2.29 bits per heavy atom. The Labute approximate surface area is 88.1 Å². The van der Waals surface area contributed by atoms with Gasteiger partial charge >= 0.3 is 0 Å². The molecule has 0 bridgehead atoms. The second-order valence-corrected chi connectivity index (χ2v) is 5.11. The topological polar surface area (TPSA) is 0 Å². The van der Waals surface area contributed by atoms with Crippen molar-refractivity contribution in [2.75, 3.05) is 0 Å². The van der Waals surface area contributed by atoms with E-state index in [1.165, 1.54) is 51.4 Å². The van der Waals surface area contributed by atoms with Crippen molar-refractivity contribution in [3.63, 3.8) is 0 Å². The molecule has 14 heavy (non-hydrogen) atoms. The molecule has 0 heterocycles. The van der Waals surface area contributed by atoms with E-state index in [1.54, 1.807) is 5.57 Å². The summed E-state index contributed by atoms with van der Waals surface area (Å²) in [4.78, 5) is 0. The Bertz CT molecular complexity index is 237. The molecular weight excluding hydrogens is 168 g/mol. The molecule has 2 aliphatic rings. The van der Waals surface area contributed by atoms with Gasteiger partial charge in [0.25, 0.3) is 0 Å². The van der Waals surface area contributed by atoms with Crippen LogP contribution in [-0.4, -0.2) is 0 Å². The molecule has 78 valence electrons. The number of hydrogen-bond acceptors (Lipinski definition) is 0. The molecule has 0 N–H and O–H groups in total. The molecule has 0 amide bonds. The van der Waals surface area contributed by atoms with E-state index in [-0.39, 0.29) is 0 Å². The first-order chi connectivity index (χ1) is 6.81. The quantitative estimate of drug-likeness (QED) is 0.529. The fourth-order valence-electron chi connectivity index (χ4n) is 2.86. The van der Waals surface area contributed by atoms with E-state index in [9.17, 15) is 0 Å². The van der Waals surface area contributed by atoms with Crippen molar-refractivity contribution in [2.45, 2.75) is 58.3 Å². The SMILES string of the molecule is CC1(C2=CCCC=C2)CCCCCC1. The van der Waals surface area contributed by atoms with Gasteiger partial charge in [0.1, 0.15) is 0 Å². The zero-order valence-corrected chi connectivity index (χ0v) is 9.39. The summed E-state index contributed by atoms with van der Waals surface area (Å²) in [6.07, 6.45) is 18.3. The van der Waals surface area contributed by atoms with E-state index < -0.39 is 0 Å². The maximum atomic E-state index is 2.48. The molecule has 0 saturated heterocycles. The van der Waals surface area contributed by atoms with Crippen LogP contribution < -0.4 is 0 Å². The van der Waals surface area contributed by atoms with Gasteiger partial charge in [0, 0.05) is 0 Å². The van der Waals surface area contributed by atoms with Crippen LogP contribution in [0.2, 0.25) is 0 Å². The van der Waals surface area contributed by atoms with E-state index in [0.29, 0.717) is 5.41 Å². The standard InChI is InChI=1S/C14H22/c1-14(11-7-2-3-8-12-14)13-9-5-4-6-10-13/h5,9-10H,2-4,6-8,11-12H2,1H3. The van der Waals surface area contributed by atoms with Gasteiger partial charge in [-0.25, -0.2) is 0 Å². The number of hydrogen-bond donors (Lipinski definition) is 0. The molecular formula is C14H22. The monoisotopic (exact) mass is 190 g/mol. The highest BCUT2D eigenvalue weighted by Crippen LogP contribution is 2.42. The molecule has 0 radical (unpaired) electrons. The molecule has 0 nitrogen and oxygen atoms in total. The van der Waals surface area contributed by atoms with Gasteiger partial charge in [-0.3, -0.25) is 0 Å². The highest BCUT2D eigenvalue weighted by atomic mass is 14.3. The minimum atomic E-state index is 0.507. The van der Waals surface area contributed by atoms with Crippen molar-refractivity contribution in [2.24, 2.45) is 5.41 Å². The normalized spacial score (nSPS) is 26.8. The van der Waals surface area contributed by atoms with Crippen LogP contribution >= 0.6 is 0 Å². The second kappa shape index (κ2) is 4.33. The van der Waals surface area contributed by atoms with Crippen LogP contribution in [0, 0.1) is 5.41 Å². The summed E-state index contributed by atoms with van der Waals surface area (Å²) in [5, 5.41) is 0. The lowest BCUT2D eigenvalue weighted by Crippen LogP contribution is -2.18. The fraction of sp³-hybridized carbons (Fsp3) is 0.714. The molecule has 0 aliphatic heterocycles. The predicted octanol–water partition coefficient (Wildman–Crippen LogP) is 4.62. The Hall–Kier alpha value is -0.520. The van der Waals surface area contributed by atoms with Crippen LogP contribution in [0.15, 0.2) is 23.8 Å². The third-order valence-electron chi connectivity index (χ3n) is 3.90. The first kappa shape index (κ1) is 10.0. The lowest BCUT2D eigenvalue weighted by atomic mass is 9.74. The molecule has 0 unspecified atom stereocenters. The molecule has 2 aliphatic carbocycles.